The van der Waals surface area contributed by atoms with Crippen LogP contribution >= 0.6 is 0 Å². The maximum absolute atomic E-state index is 11.0. The van der Waals surface area contributed by atoms with Gasteiger partial charge in [-0.1, -0.05) is 0 Å². The average molecular weight is 343 g/mol. The Labute approximate surface area is 144 Å². The van der Waals surface area contributed by atoms with Crippen molar-refractivity contribution in [1.29, 1.82) is 0 Å². The summed E-state index contributed by atoms with van der Waals surface area (Å²) < 4.78 is 7.31. The second-order valence-corrected chi connectivity index (χ2v) is 6.49. The Kier molecular flexibility index (Phi) is 4.03. The summed E-state index contributed by atoms with van der Waals surface area (Å²) in [6, 6.07) is 3.66. The minimum absolute atomic E-state index is 0.0381. The van der Waals surface area contributed by atoms with Crippen molar-refractivity contribution in [2.75, 3.05) is 25.6 Å². The van der Waals surface area contributed by atoms with Crippen LogP contribution in [0.25, 0.3) is 22.1 Å². The maximum atomic E-state index is 11.0. The quantitative estimate of drug-likeness (QED) is 0.636. The molecule has 8 nitrogen and oxygen atoms in total. The first-order valence-electron chi connectivity index (χ1n) is 8.42. The van der Waals surface area contributed by atoms with E-state index in [1.54, 1.807) is 6.20 Å². The van der Waals surface area contributed by atoms with Gasteiger partial charge >= 0.3 is 0 Å². The van der Waals surface area contributed by atoms with Gasteiger partial charge in [0.05, 0.1) is 24.3 Å². The number of aromatic nitrogens is 4. The van der Waals surface area contributed by atoms with Gasteiger partial charge in [-0.25, -0.2) is 9.97 Å². The van der Waals surface area contributed by atoms with Crippen LogP contribution in [0.2, 0.25) is 0 Å². The lowest BCUT2D eigenvalue weighted by Gasteiger charge is -2.33. The van der Waals surface area contributed by atoms with Crippen molar-refractivity contribution in [3.8, 4) is 0 Å². The molecule has 1 saturated heterocycles. The highest BCUT2D eigenvalue weighted by Gasteiger charge is 2.32. The summed E-state index contributed by atoms with van der Waals surface area (Å²) in [6.07, 6.45) is 3.18. The molecule has 1 fully saturated rings. The summed E-state index contributed by atoms with van der Waals surface area (Å²) in [6.45, 7) is 1.38. The zero-order chi connectivity index (χ0) is 17.4. The summed E-state index contributed by atoms with van der Waals surface area (Å²) >= 11 is 0. The Hall–Kier alpha value is -2.29. The van der Waals surface area contributed by atoms with Crippen LogP contribution < -0.4 is 5.73 Å². The standard InChI is InChI=1S/C17H21N5O3/c18-16-14-15(13-11(20-16)2-1-6-19-13)22(12(21-14)3-7-23)10-17(24)4-8-25-9-5-17/h1-2,6,23-24H,3-5,7-10H2,(H2,18,20). The molecule has 1 aliphatic rings. The number of pyridine rings is 2. The highest BCUT2D eigenvalue weighted by atomic mass is 16.5. The van der Waals surface area contributed by atoms with E-state index in [1.807, 2.05) is 16.7 Å². The van der Waals surface area contributed by atoms with Crippen molar-refractivity contribution in [3.63, 3.8) is 0 Å². The summed E-state index contributed by atoms with van der Waals surface area (Å²) in [7, 11) is 0. The molecule has 0 saturated carbocycles. The molecular weight excluding hydrogens is 322 g/mol. The number of aliphatic hydroxyl groups excluding tert-OH is 1. The van der Waals surface area contributed by atoms with Gasteiger partial charge in [-0.2, -0.15) is 0 Å². The van der Waals surface area contributed by atoms with Crippen LogP contribution in [0.1, 0.15) is 18.7 Å². The van der Waals surface area contributed by atoms with Gasteiger partial charge < -0.3 is 25.3 Å². The summed E-state index contributed by atoms with van der Waals surface area (Å²) in [5, 5.41) is 20.4. The van der Waals surface area contributed by atoms with E-state index >= 15 is 0 Å². The van der Waals surface area contributed by atoms with Crippen molar-refractivity contribution in [1.82, 2.24) is 19.5 Å². The van der Waals surface area contributed by atoms with Crippen molar-refractivity contribution in [2.45, 2.75) is 31.4 Å². The number of rotatable bonds is 4. The molecule has 3 aromatic heterocycles. The van der Waals surface area contributed by atoms with Crippen molar-refractivity contribution < 1.29 is 14.9 Å². The summed E-state index contributed by atoms with van der Waals surface area (Å²) in [4.78, 5) is 13.4. The second kappa shape index (κ2) is 6.21. The molecular formula is C17H21N5O3. The largest absolute Gasteiger partial charge is 0.396 e. The van der Waals surface area contributed by atoms with E-state index in [0.29, 0.717) is 67.2 Å². The first-order valence-corrected chi connectivity index (χ1v) is 8.42. The van der Waals surface area contributed by atoms with E-state index in [1.165, 1.54) is 0 Å². The molecule has 4 heterocycles. The van der Waals surface area contributed by atoms with Crippen molar-refractivity contribution >= 4 is 27.9 Å². The Morgan fingerprint density at radius 1 is 1.24 bits per heavy atom. The predicted octanol–water partition coefficient (Wildman–Crippen LogP) is 0.638. The van der Waals surface area contributed by atoms with Gasteiger partial charge in [-0.3, -0.25) is 4.98 Å². The van der Waals surface area contributed by atoms with Gasteiger partial charge in [-0.15, -0.1) is 0 Å². The van der Waals surface area contributed by atoms with Gasteiger partial charge in [-0.05, 0) is 12.1 Å². The van der Waals surface area contributed by atoms with Gasteiger partial charge in [0.1, 0.15) is 22.4 Å². The van der Waals surface area contributed by atoms with E-state index in [4.69, 9.17) is 10.5 Å². The lowest BCUT2D eigenvalue weighted by atomic mass is 9.94. The normalized spacial score (nSPS) is 17.4. The lowest BCUT2D eigenvalue weighted by molar-refractivity contribution is -0.0726. The van der Waals surface area contributed by atoms with E-state index in [2.05, 4.69) is 15.0 Å². The number of hydrogen-bond acceptors (Lipinski definition) is 7. The van der Waals surface area contributed by atoms with Crippen LogP contribution in [-0.2, 0) is 17.7 Å². The van der Waals surface area contributed by atoms with Crippen LogP contribution in [0.15, 0.2) is 18.3 Å². The Morgan fingerprint density at radius 2 is 2.04 bits per heavy atom. The molecule has 0 atom stereocenters. The van der Waals surface area contributed by atoms with Crippen molar-refractivity contribution in [2.24, 2.45) is 0 Å². The molecule has 0 spiro atoms. The molecule has 132 valence electrons. The SMILES string of the molecule is Nc1nc2cccnc2c2c1nc(CCO)n2CC1(O)CCOCC1. The molecule has 0 amide bonds. The van der Waals surface area contributed by atoms with Crippen LogP contribution in [0.5, 0.6) is 0 Å². The number of fused-ring (bicyclic) bond motifs is 3. The van der Waals surface area contributed by atoms with E-state index in [-0.39, 0.29) is 6.61 Å². The third kappa shape index (κ3) is 2.82. The van der Waals surface area contributed by atoms with Crippen LogP contribution in [0.3, 0.4) is 0 Å². The van der Waals surface area contributed by atoms with Gasteiger partial charge in [0.15, 0.2) is 5.82 Å². The Balaban J connectivity index is 1.94. The number of nitrogens with two attached hydrogens (primary N) is 1. The smallest absolute Gasteiger partial charge is 0.152 e. The minimum Gasteiger partial charge on any atom is -0.396 e. The Bertz CT molecular complexity index is 917. The molecule has 0 unspecified atom stereocenters. The fourth-order valence-corrected chi connectivity index (χ4v) is 3.44. The molecule has 4 N–H and O–H groups in total. The van der Waals surface area contributed by atoms with Crippen LogP contribution in [0, 0.1) is 0 Å². The first-order chi connectivity index (χ1) is 12.1. The molecule has 0 aliphatic carbocycles. The molecule has 0 radical (unpaired) electrons. The number of nitrogen functional groups attached to an aromatic ring is 1. The van der Waals surface area contributed by atoms with Crippen LogP contribution in [-0.4, -0.2) is 55.2 Å². The minimum atomic E-state index is -0.880. The topological polar surface area (TPSA) is 119 Å². The predicted molar refractivity (Wildman–Crippen MR) is 93.0 cm³/mol. The Morgan fingerprint density at radius 3 is 2.80 bits per heavy atom. The number of imidazole rings is 1. The summed E-state index contributed by atoms with van der Waals surface area (Å²) in [5.74, 6) is 0.997. The molecule has 4 rings (SSSR count). The van der Waals surface area contributed by atoms with Gasteiger partial charge in [0, 0.05) is 38.7 Å². The van der Waals surface area contributed by atoms with Crippen LogP contribution in [0.4, 0.5) is 5.82 Å². The maximum Gasteiger partial charge on any atom is 0.152 e. The fraction of sp³-hybridized carbons (Fsp3) is 0.471. The molecule has 8 heteroatoms. The van der Waals surface area contributed by atoms with Crippen molar-refractivity contribution in [3.05, 3.63) is 24.2 Å². The van der Waals surface area contributed by atoms with E-state index in [9.17, 15) is 10.2 Å². The number of ether oxygens (including phenoxy) is 1. The highest BCUT2D eigenvalue weighted by Crippen LogP contribution is 2.31. The molecule has 3 aromatic rings. The summed E-state index contributed by atoms with van der Waals surface area (Å²) in [5.41, 5.74) is 7.92. The van der Waals surface area contributed by atoms with Gasteiger partial charge in [0.25, 0.3) is 0 Å². The zero-order valence-corrected chi connectivity index (χ0v) is 13.9. The number of hydrogen-bond donors (Lipinski definition) is 3. The molecule has 0 aromatic carbocycles. The molecule has 1 aliphatic heterocycles. The number of nitrogens with zero attached hydrogens (tertiary/aromatic N) is 4. The third-order valence-corrected chi connectivity index (χ3v) is 4.75. The first kappa shape index (κ1) is 16.2. The molecule has 0 bridgehead atoms. The zero-order valence-electron chi connectivity index (χ0n) is 13.9. The number of aliphatic hydroxyl groups is 2. The lowest BCUT2D eigenvalue weighted by Crippen LogP contribution is -2.40. The monoisotopic (exact) mass is 343 g/mol. The second-order valence-electron chi connectivity index (χ2n) is 6.49. The van der Waals surface area contributed by atoms with E-state index < -0.39 is 5.60 Å². The molecule has 25 heavy (non-hydrogen) atoms. The fourth-order valence-electron chi connectivity index (χ4n) is 3.44. The third-order valence-electron chi connectivity index (χ3n) is 4.75. The highest BCUT2D eigenvalue weighted by molar-refractivity contribution is 6.04. The number of anilines is 1. The average Bonchev–Trinajstić information content (AvgIpc) is 2.95. The van der Waals surface area contributed by atoms with E-state index in [0.717, 1.165) is 5.52 Å². The van der Waals surface area contributed by atoms with Gasteiger partial charge in [0.2, 0.25) is 0 Å².